The lowest BCUT2D eigenvalue weighted by Gasteiger charge is -2.19. The fraction of sp³-hybridized carbons (Fsp3) is 0.381. The van der Waals surface area contributed by atoms with Gasteiger partial charge >= 0.3 is 5.63 Å². The van der Waals surface area contributed by atoms with E-state index in [-0.39, 0.29) is 20.8 Å². The van der Waals surface area contributed by atoms with Crippen LogP contribution in [0.1, 0.15) is 27.7 Å². The molecule has 0 saturated heterocycles. The molecule has 0 bridgehead atoms. The molecule has 2 aromatic carbocycles. The van der Waals surface area contributed by atoms with Gasteiger partial charge < -0.3 is 4.42 Å². The highest BCUT2D eigenvalue weighted by Gasteiger charge is 2.24. The summed E-state index contributed by atoms with van der Waals surface area (Å²) in [7, 11) is -7.45. The third-order valence-corrected chi connectivity index (χ3v) is 9.44. The molecule has 31 heavy (non-hydrogen) atoms. The summed E-state index contributed by atoms with van der Waals surface area (Å²) >= 11 is 0. The highest BCUT2D eigenvalue weighted by molar-refractivity contribution is 7.89. The lowest BCUT2D eigenvalue weighted by Crippen LogP contribution is -2.30. The molecule has 0 saturated carbocycles. The minimum atomic E-state index is -3.74. The van der Waals surface area contributed by atoms with E-state index < -0.39 is 25.7 Å². The fourth-order valence-electron chi connectivity index (χ4n) is 3.64. The zero-order valence-corrected chi connectivity index (χ0v) is 19.6. The molecular weight excluding hydrogens is 440 g/mol. The predicted octanol–water partition coefficient (Wildman–Crippen LogP) is 3.01. The molecule has 0 spiro atoms. The van der Waals surface area contributed by atoms with E-state index >= 15 is 0 Å². The molecule has 3 aromatic rings. The van der Waals surface area contributed by atoms with Crippen LogP contribution in [0.25, 0.3) is 21.7 Å². The van der Waals surface area contributed by atoms with Gasteiger partial charge in [0.1, 0.15) is 5.58 Å². The second-order valence-corrected chi connectivity index (χ2v) is 10.8. The Morgan fingerprint density at radius 2 is 1.13 bits per heavy atom. The maximum Gasteiger partial charge on any atom is 0.344 e. The van der Waals surface area contributed by atoms with Gasteiger partial charge in [0.25, 0.3) is 0 Å². The maximum absolute atomic E-state index is 12.8. The summed E-state index contributed by atoms with van der Waals surface area (Å²) in [4.78, 5) is 12.7. The lowest BCUT2D eigenvalue weighted by molar-refractivity contribution is 0.444. The number of hydrogen-bond donors (Lipinski definition) is 0. The summed E-state index contributed by atoms with van der Waals surface area (Å²) in [6.45, 7) is 8.26. The zero-order valence-electron chi connectivity index (χ0n) is 18.0. The smallest absolute Gasteiger partial charge is 0.344 e. The second-order valence-electron chi connectivity index (χ2n) is 6.93. The first kappa shape index (κ1) is 23.4. The third-order valence-electron chi connectivity index (χ3n) is 5.34. The molecule has 3 rings (SSSR count). The standard InChI is InChI=1S/C21H26N2O6S2/c1-5-22(6-2)30(25,26)15-9-11-17-18-12-10-16(31(27,28)23(7-3)8-4)14-20(18)29-21(24)19(17)13-15/h9-14H,5-8H2,1-4H3. The van der Waals surface area contributed by atoms with E-state index in [1.54, 1.807) is 39.8 Å². The first-order valence-corrected chi connectivity index (χ1v) is 13.0. The molecule has 0 aliphatic rings. The topological polar surface area (TPSA) is 105 Å². The van der Waals surface area contributed by atoms with Gasteiger partial charge in [-0.25, -0.2) is 21.6 Å². The Kier molecular flexibility index (Phi) is 6.56. The average Bonchev–Trinajstić information content (AvgIpc) is 2.74. The minimum Gasteiger partial charge on any atom is -0.422 e. The van der Waals surface area contributed by atoms with Gasteiger partial charge in [-0.1, -0.05) is 33.8 Å². The van der Waals surface area contributed by atoms with Crippen LogP contribution in [0.4, 0.5) is 0 Å². The Morgan fingerprint density at radius 1 is 0.677 bits per heavy atom. The predicted molar refractivity (Wildman–Crippen MR) is 120 cm³/mol. The number of benzene rings is 2. The molecule has 0 aliphatic carbocycles. The van der Waals surface area contributed by atoms with Crippen molar-refractivity contribution < 1.29 is 21.3 Å². The van der Waals surface area contributed by atoms with Crippen LogP contribution < -0.4 is 5.63 Å². The van der Waals surface area contributed by atoms with E-state index in [1.165, 1.54) is 32.9 Å². The van der Waals surface area contributed by atoms with Gasteiger partial charge in [-0.3, -0.25) is 0 Å². The molecule has 0 atom stereocenters. The van der Waals surface area contributed by atoms with Gasteiger partial charge in [0.05, 0.1) is 15.2 Å². The first-order valence-electron chi connectivity index (χ1n) is 10.1. The number of nitrogens with zero attached hydrogens (tertiary/aromatic N) is 2. The summed E-state index contributed by atoms with van der Waals surface area (Å²) in [5.74, 6) is 0. The highest BCUT2D eigenvalue weighted by atomic mass is 32.2. The number of fused-ring (bicyclic) bond motifs is 3. The molecule has 0 N–H and O–H groups in total. The van der Waals surface area contributed by atoms with Crippen molar-refractivity contribution in [2.45, 2.75) is 37.5 Å². The van der Waals surface area contributed by atoms with Gasteiger partial charge in [0.15, 0.2) is 0 Å². The Balaban J connectivity index is 2.22. The summed E-state index contributed by atoms with van der Waals surface area (Å²) in [6, 6.07) is 8.71. The molecule has 1 aromatic heterocycles. The van der Waals surface area contributed by atoms with Gasteiger partial charge in [0, 0.05) is 43.0 Å². The molecule has 0 aliphatic heterocycles. The average molecular weight is 467 g/mol. The largest absolute Gasteiger partial charge is 0.422 e. The Morgan fingerprint density at radius 3 is 1.61 bits per heavy atom. The molecule has 8 nitrogen and oxygen atoms in total. The SMILES string of the molecule is CCN(CC)S(=O)(=O)c1ccc2c(c1)oc(=O)c1cc(S(=O)(=O)N(CC)CC)ccc12. The van der Waals surface area contributed by atoms with Gasteiger partial charge in [-0.05, 0) is 24.3 Å². The normalized spacial score (nSPS) is 13.0. The second kappa shape index (κ2) is 8.70. The summed E-state index contributed by atoms with van der Waals surface area (Å²) in [5, 5.41) is 1.15. The quantitative estimate of drug-likeness (QED) is 0.373. The molecule has 1 heterocycles. The zero-order chi connectivity index (χ0) is 23.0. The fourth-order valence-corrected chi connectivity index (χ4v) is 6.60. The van der Waals surface area contributed by atoms with Gasteiger partial charge in [-0.15, -0.1) is 0 Å². The molecule has 0 amide bonds. The van der Waals surface area contributed by atoms with E-state index in [2.05, 4.69) is 0 Å². The van der Waals surface area contributed by atoms with Crippen molar-refractivity contribution in [3.05, 3.63) is 46.8 Å². The Labute approximate surface area is 182 Å². The van der Waals surface area contributed by atoms with Crippen LogP contribution in [0.5, 0.6) is 0 Å². The lowest BCUT2D eigenvalue weighted by atomic mass is 10.1. The van der Waals surface area contributed by atoms with E-state index in [9.17, 15) is 21.6 Å². The molecular formula is C21H26N2O6S2. The minimum absolute atomic E-state index is 0.0103. The van der Waals surface area contributed by atoms with Crippen LogP contribution in [0.3, 0.4) is 0 Å². The Bertz CT molecular complexity index is 1390. The molecule has 0 radical (unpaired) electrons. The van der Waals surface area contributed by atoms with Crippen LogP contribution >= 0.6 is 0 Å². The van der Waals surface area contributed by atoms with Crippen molar-refractivity contribution in [3.63, 3.8) is 0 Å². The van der Waals surface area contributed by atoms with E-state index in [0.29, 0.717) is 37.0 Å². The third kappa shape index (κ3) is 4.00. The van der Waals surface area contributed by atoms with Crippen LogP contribution in [-0.2, 0) is 20.0 Å². The molecule has 168 valence electrons. The monoisotopic (exact) mass is 466 g/mol. The number of sulfonamides is 2. The van der Waals surface area contributed by atoms with Crippen LogP contribution in [0, 0.1) is 0 Å². The first-order chi connectivity index (χ1) is 14.6. The Hall–Kier alpha value is -2.27. The highest BCUT2D eigenvalue weighted by Crippen LogP contribution is 2.28. The van der Waals surface area contributed by atoms with Gasteiger partial charge in [0.2, 0.25) is 20.0 Å². The van der Waals surface area contributed by atoms with E-state index in [1.807, 2.05) is 0 Å². The van der Waals surface area contributed by atoms with Crippen molar-refractivity contribution in [2.75, 3.05) is 26.2 Å². The van der Waals surface area contributed by atoms with Crippen LogP contribution in [-0.4, -0.2) is 51.6 Å². The van der Waals surface area contributed by atoms with E-state index in [0.717, 1.165) is 0 Å². The number of hydrogen-bond acceptors (Lipinski definition) is 6. The summed E-state index contributed by atoms with van der Waals surface area (Å²) in [6.07, 6.45) is 0. The van der Waals surface area contributed by atoms with Gasteiger partial charge in [-0.2, -0.15) is 8.61 Å². The van der Waals surface area contributed by atoms with Crippen molar-refractivity contribution in [1.29, 1.82) is 0 Å². The van der Waals surface area contributed by atoms with Crippen molar-refractivity contribution in [3.8, 4) is 0 Å². The summed E-state index contributed by atoms with van der Waals surface area (Å²) < 4.78 is 59.2. The summed E-state index contributed by atoms with van der Waals surface area (Å²) in [5.41, 5.74) is -0.596. The van der Waals surface area contributed by atoms with Crippen LogP contribution in [0.15, 0.2) is 55.4 Å². The van der Waals surface area contributed by atoms with Crippen molar-refractivity contribution >= 4 is 41.8 Å². The maximum atomic E-state index is 12.8. The van der Waals surface area contributed by atoms with E-state index in [4.69, 9.17) is 4.42 Å². The molecule has 0 unspecified atom stereocenters. The van der Waals surface area contributed by atoms with Crippen LogP contribution in [0.2, 0.25) is 0 Å². The van der Waals surface area contributed by atoms with Crippen molar-refractivity contribution in [2.24, 2.45) is 0 Å². The number of rotatable bonds is 8. The molecule has 10 heteroatoms. The molecule has 0 fully saturated rings. The van der Waals surface area contributed by atoms with Crippen molar-refractivity contribution in [1.82, 2.24) is 8.61 Å².